The average Bonchev–Trinajstić information content (AvgIpc) is 3.07. The summed E-state index contributed by atoms with van der Waals surface area (Å²) in [5, 5.41) is 2.72. The Morgan fingerprint density at radius 3 is 2.38 bits per heavy atom. The predicted molar refractivity (Wildman–Crippen MR) is 109 cm³/mol. The van der Waals surface area contributed by atoms with E-state index in [1.54, 1.807) is 36.3 Å². The molecular formula is C22H24N2O5. The first-order valence-corrected chi connectivity index (χ1v) is 9.35. The van der Waals surface area contributed by atoms with Gasteiger partial charge in [0, 0.05) is 24.3 Å². The van der Waals surface area contributed by atoms with E-state index in [1.807, 2.05) is 32.0 Å². The van der Waals surface area contributed by atoms with Gasteiger partial charge in [-0.15, -0.1) is 0 Å². The number of carbonyl (C=O) groups is 3. The van der Waals surface area contributed by atoms with Gasteiger partial charge < -0.3 is 19.7 Å². The minimum Gasteiger partial charge on any atom is -0.497 e. The van der Waals surface area contributed by atoms with Crippen LogP contribution in [0.4, 0.5) is 11.4 Å². The van der Waals surface area contributed by atoms with Crippen LogP contribution in [0, 0.1) is 19.8 Å². The monoisotopic (exact) mass is 396 g/mol. The quantitative estimate of drug-likeness (QED) is 0.759. The van der Waals surface area contributed by atoms with Gasteiger partial charge in [0.25, 0.3) is 5.91 Å². The van der Waals surface area contributed by atoms with E-state index in [1.165, 1.54) is 0 Å². The van der Waals surface area contributed by atoms with Crippen molar-refractivity contribution in [2.75, 3.05) is 30.5 Å². The van der Waals surface area contributed by atoms with Gasteiger partial charge in [0.1, 0.15) is 5.75 Å². The molecule has 0 spiro atoms. The molecule has 1 unspecified atom stereocenters. The maximum atomic E-state index is 12.3. The lowest BCUT2D eigenvalue weighted by Crippen LogP contribution is -2.28. The molecule has 2 aromatic rings. The summed E-state index contributed by atoms with van der Waals surface area (Å²) in [7, 11) is 1.57. The molecule has 7 nitrogen and oxygen atoms in total. The molecule has 0 aromatic heterocycles. The van der Waals surface area contributed by atoms with Crippen LogP contribution in [0.15, 0.2) is 42.5 Å². The highest BCUT2D eigenvalue weighted by molar-refractivity contribution is 6.00. The summed E-state index contributed by atoms with van der Waals surface area (Å²) in [6, 6.07) is 12.7. The first-order chi connectivity index (χ1) is 13.9. The first-order valence-electron chi connectivity index (χ1n) is 9.35. The lowest BCUT2D eigenvalue weighted by atomic mass is 10.1. The van der Waals surface area contributed by atoms with Gasteiger partial charge in [-0.05, 0) is 61.4 Å². The van der Waals surface area contributed by atoms with Crippen LogP contribution >= 0.6 is 0 Å². The second kappa shape index (κ2) is 8.77. The molecule has 1 saturated heterocycles. The molecule has 1 heterocycles. The van der Waals surface area contributed by atoms with Gasteiger partial charge in [0.15, 0.2) is 6.61 Å². The molecule has 0 aliphatic carbocycles. The van der Waals surface area contributed by atoms with E-state index in [2.05, 4.69) is 5.32 Å². The van der Waals surface area contributed by atoms with Crippen molar-refractivity contribution >= 4 is 29.2 Å². The highest BCUT2D eigenvalue weighted by atomic mass is 16.5. The fourth-order valence-electron chi connectivity index (χ4n) is 3.38. The van der Waals surface area contributed by atoms with Gasteiger partial charge in [-0.1, -0.05) is 6.07 Å². The normalized spacial score (nSPS) is 15.9. The van der Waals surface area contributed by atoms with E-state index < -0.39 is 17.8 Å². The second-order valence-corrected chi connectivity index (χ2v) is 7.14. The van der Waals surface area contributed by atoms with Crippen molar-refractivity contribution in [2.45, 2.75) is 20.3 Å². The Bertz CT molecular complexity index is 903. The summed E-state index contributed by atoms with van der Waals surface area (Å²) in [4.78, 5) is 38.3. The van der Waals surface area contributed by atoms with Crippen LogP contribution in [0.2, 0.25) is 0 Å². The summed E-state index contributed by atoms with van der Waals surface area (Å²) in [6.45, 7) is 3.71. The van der Waals surface area contributed by atoms with Crippen molar-refractivity contribution in [2.24, 2.45) is 5.92 Å². The maximum Gasteiger partial charge on any atom is 0.311 e. The van der Waals surface area contributed by atoms with Crippen molar-refractivity contribution in [3.8, 4) is 5.75 Å². The molecule has 2 aromatic carbocycles. The number of aryl methyl sites for hydroxylation is 2. The third-order valence-corrected chi connectivity index (χ3v) is 4.69. The molecule has 0 radical (unpaired) electrons. The van der Waals surface area contributed by atoms with E-state index >= 15 is 0 Å². The lowest BCUT2D eigenvalue weighted by Gasteiger charge is -2.17. The van der Waals surface area contributed by atoms with Crippen LogP contribution in [-0.4, -0.2) is 38.0 Å². The van der Waals surface area contributed by atoms with Gasteiger partial charge in [-0.25, -0.2) is 0 Å². The standard InChI is InChI=1S/C22H24N2O5/c1-14-8-15(2)10-17(9-14)23-20(25)13-29-22(27)16-11-21(26)24(12-16)18-4-6-19(28-3)7-5-18/h4-10,16H,11-13H2,1-3H3,(H,23,25). The summed E-state index contributed by atoms with van der Waals surface area (Å²) in [5.41, 5.74) is 3.41. The Hall–Kier alpha value is -3.35. The van der Waals surface area contributed by atoms with Crippen molar-refractivity contribution in [1.29, 1.82) is 0 Å². The number of hydrogen-bond acceptors (Lipinski definition) is 5. The summed E-state index contributed by atoms with van der Waals surface area (Å²) in [6.07, 6.45) is 0.0591. The summed E-state index contributed by atoms with van der Waals surface area (Å²) >= 11 is 0. The summed E-state index contributed by atoms with van der Waals surface area (Å²) in [5.74, 6) is -1.04. The Morgan fingerprint density at radius 1 is 1.10 bits per heavy atom. The van der Waals surface area contributed by atoms with Crippen LogP contribution in [-0.2, 0) is 19.1 Å². The lowest BCUT2D eigenvalue weighted by molar-refractivity contribution is -0.151. The van der Waals surface area contributed by atoms with E-state index in [4.69, 9.17) is 9.47 Å². The van der Waals surface area contributed by atoms with Gasteiger partial charge in [-0.2, -0.15) is 0 Å². The maximum absolute atomic E-state index is 12.3. The number of amides is 2. The highest BCUT2D eigenvalue weighted by Crippen LogP contribution is 2.27. The zero-order valence-electron chi connectivity index (χ0n) is 16.7. The predicted octanol–water partition coefficient (Wildman–Crippen LogP) is 2.85. The smallest absolute Gasteiger partial charge is 0.311 e. The van der Waals surface area contributed by atoms with Crippen molar-refractivity contribution in [1.82, 2.24) is 0 Å². The first kappa shape index (κ1) is 20.4. The highest BCUT2D eigenvalue weighted by Gasteiger charge is 2.36. The third kappa shape index (κ3) is 5.13. The van der Waals surface area contributed by atoms with E-state index in [-0.39, 0.29) is 25.5 Å². The molecule has 7 heteroatoms. The number of anilines is 2. The molecule has 0 saturated carbocycles. The van der Waals surface area contributed by atoms with Crippen LogP contribution < -0.4 is 15.0 Å². The molecule has 29 heavy (non-hydrogen) atoms. The number of hydrogen-bond donors (Lipinski definition) is 1. The Labute approximate surface area is 169 Å². The van der Waals surface area contributed by atoms with E-state index in [9.17, 15) is 14.4 Å². The fraction of sp³-hybridized carbons (Fsp3) is 0.318. The number of carbonyl (C=O) groups excluding carboxylic acids is 3. The Balaban J connectivity index is 1.52. The number of benzene rings is 2. The van der Waals surface area contributed by atoms with Crippen LogP contribution in [0.3, 0.4) is 0 Å². The van der Waals surface area contributed by atoms with Crippen molar-refractivity contribution in [3.63, 3.8) is 0 Å². The molecule has 2 amide bonds. The SMILES string of the molecule is COc1ccc(N2CC(C(=O)OCC(=O)Nc3cc(C)cc(C)c3)CC2=O)cc1. The summed E-state index contributed by atoms with van der Waals surface area (Å²) < 4.78 is 10.3. The number of nitrogens with zero attached hydrogens (tertiary/aromatic N) is 1. The van der Waals surface area contributed by atoms with Crippen LogP contribution in [0.5, 0.6) is 5.75 Å². The van der Waals surface area contributed by atoms with Crippen LogP contribution in [0.25, 0.3) is 0 Å². The Kier molecular flexibility index (Phi) is 6.16. The van der Waals surface area contributed by atoms with Gasteiger partial charge in [0.2, 0.25) is 5.91 Å². The number of methoxy groups -OCH3 is 1. The number of ether oxygens (including phenoxy) is 2. The van der Waals surface area contributed by atoms with Gasteiger partial charge in [-0.3, -0.25) is 14.4 Å². The van der Waals surface area contributed by atoms with E-state index in [0.717, 1.165) is 11.1 Å². The molecule has 1 atom stereocenters. The van der Waals surface area contributed by atoms with Gasteiger partial charge in [0.05, 0.1) is 13.0 Å². The molecule has 3 rings (SSSR count). The zero-order valence-corrected chi connectivity index (χ0v) is 16.7. The topological polar surface area (TPSA) is 84.9 Å². The molecule has 0 bridgehead atoms. The molecule has 1 N–H and O–H groups in total. The third-order valence-electron chi connectivity index (χ3n) is 4.69. The fourth-order valence-corrected chi connectivity index (χ4v) is 3.38. The number of nitrogens with one attached hydrogen (secondary N) is 1. The van der Waals surface area contributed by atoms with Crippen molar-refractivity contribution < 1.29 is 23.9 Å². The number of esters is 1. The molecule has 1 aliphatic heterocycles. The Morgan fingerprint density at radius 2 is 1.76 bits per heavy atom. The van der Waals surface area contributed by atoms with Crippen molar-refractivity contribution in [3.05, 3.63) is 53.6 Å². The van der Waals surface area contributed by atoms with Gasteiger partial charge >= 0.3 is 5.97 Å². The zero-order chi connectivity index (χ0) is 21.0. The average molecular weight is 396 g/mol. The number of rotatable bonds is 6. The van der Waals surface area contributed by atoms with E-state index in [0.29, 0.717) is 17.1 Å². The molecular weight excluding hydrogens is 372 g/mol. The largest absolute Gasteiger partial charge is 0.497 e. The molecule has 1 fully saturated rings. The molecule has 1 aliphatic rings. The molecule has 152 valence electrons. The van der Waals surface area contributed by atoms with Crippen LogP contribution in [0.1, 0.15) is 17.5 Å². The minimum atomic E-state index is -0.599. The second-order valence-electron chi connectivity index (χ2n) is 7.14. The minimum absolute atomic E-state index is 0.0591.